The summed E-state index contributed by atoms with van der Waals surface area (Å²) in [5.41, 5.74) is 0.571. The molecule has 3 aromatic heterocycles. The number of thiazole rings is 1. The first-order valence-electron chi connectivity index (χ1n) is 7.37. The molecule has 6 nitrogen and oxygen atoms in total. The van der Waals surface area contributed by atoms with Crippen LogP contribution >= 0.6 is 22.7 Å². The number of benzene rings is 1. The van der Waals surface area contributed by atoms with Crippen molar-refractivity contribution in [1.29, 1.82) is 0 Å². The quantitative estimate of drug-likeness (QED) is 0.551. The van der Waals surface area contributed by atoms with Crippen molar-refractivity contribution in [1.82, 2.24) is 14.6 Å². The van der Waals surface area contributed by atoms with Crippen LogP contribution in [0.4, 0.5) is 0 Å². The summed E-state index contributed by atoms with van der Waals surface area (Å²) in [6.45, 7) is 0. The lowest BCUT2D eigenvalue weighted by Crippen LogP contribution is -2.23. The van der Waals surface area contributed by atoms with Gasteiger partial charge in [-0.3, -0.25) is 4.79 Å². The minimum absolute atomic E-state index is 0.194. The summed E-state index contributed by atoms with van der Waals surface area (Å²) in [7, 11) is 3.19. The van der Waals surface area contributed by atoms with Crippen LogP contribution in [0, 0.1) is 0 Å². The van der Waals surface area contributed by atoms with Gasteiger partial charge in [-0.05, 0) is 35.7 Å². The molecule has 0 atom stereocenters. The second-order valence-electron chi connectivity index (χ2n) is 5.13. The molecule has 0 radical (unpaired) electrons. The lowest BCUT2D eigenvalue weighted by molar-refractivity contribution is 0.402. The van der Waals surface area contributed by atoms with E-state index in [9.17, 15) is 4.79 Å². The smallest absolute Gasteiger partial charge is 0.291 e. The zero-order valence-corrected chi connectivity index (χ0v) is 15.1. The van der Waals surface area contributed by atoms with Gasteiger partial charge in [0.1, 0.15) is 11.5 Å². The maximum atomic E-state index is 12.6. The number of rotatable bonds is 4. The van der Waals surface area contributed by atoms with Gasteiger partial charge in [0.15, 0.2) is 5.82 Å². The standard InChI is InChI=1S/C17H13N3O3S2/c1-22-11-5-6-12(23-2)10(8-11)9-14-16(21)20-17(25-14)18-15(19-20)13-4-3-7-24-13/h3-9H,1-2H3/b14-9+. The molecule has 126 valence electrons. The molecule has 3 heterocycles. The van der Waals surface area contributed by atoms with Crippen molar-refractivity contribution in [2.45, 2.75) is 0 Å². The van der Waals surface area contributed by atoms with E-state index in [1.165, 1.54) is 15.9 Å². The summed E-state index contributed by atoms with van der Waals surface area (Å²) in [6, 6.07) is 9.31. The average Bonchev–Trinajstić information content (AvgIpc) is 3.34. The molecule has 4 aromatic rings. The van der Waals surface area contributed by atoms with E-state index in [2.05, 4.69) is 10.1 Å². The molecule has 4 rings (SSSR count). The molecule has 25 heavy (non-hydrogen) atoms. The molecule has 0 amide bonds. The van der Waals surface area contributed by atoms with Crippen molar-refractivity contribution in [3.8, 4) is 22.2 Å². The fourth-order valence-corrected chi connectivity index (χ4v) is 3.99. The first-order chi connectivity index (χ1) is 12.2. The highest BCUT2D eigenvalue weighted by Gasteiger charge is 2.13. The Kier molecular flexibility index (Phi) is 3.98. The summed E-state index contributed by atoms with van der Waals surface area (Å²) in [4.78, 5) is 18.6. The van der Waals surface area contributed by atoms with E-state index in [-0.39, 0.29) is 5.56 Å². The van der Waals surface area contributed by atoms with Gasteiger partial charge in [-0.2, -0.15) is 9.50 Å². The first-order valence-corrected chi connectivity index (χ1v) is 9.06. The number of hydrogen-bond acceptors (Lipinski definition) is 7. The van der Waals surface area contributed by atoms with E-state index in [1.807, 2.05) is 29.6 Å². The van der Waals surface area contributed by atoms with Gasteiger partial charge in [-0.15, -0.1) is 16.4 Å². The highest BCUT2D eigenvalue weighted by atomic mass is 32.1. The fraction of sp³-hybridized carbons (Fsp3) is 0.118. The van der Waals surface area contributed by atoms with Crippen LogP contribution in [-0.4, -0.2) is 28.8 Å². The molecule has 0 bridgehead atoms. The Balaban J connectivity index is 1.85. The van der Waals surface area contributed by atoms with E-state index >= 15 is 0 Å². The molecule has 0 fully saturated rings. The molecule has 1 aromatic carbocycles. The van der Waals surface area contributed by atoms with Crippen molar-refractivity contribution in [2.24, 2.45) is 0 Å². The monoisotopic (exact) mass is 371 g/mol. The maximum Gasteiger partial charge on any atom is 0.291 e. The third kappa shape index (κ3) is 2.79. The Morgan fingerprint density at radius 3 is 2.76 bits per heavy atom. The topological polar surface area (TPSA) is 65.7 Å². The lowest BCUT2D eigenvalue weighted by atomic mass is 10.2. The van der Waals surface area contributed by atoms with Gasteiger partial charge in [0.25, 0.3) is 5.56 Å². The van der Waals surface area contributed by atoms with Crippen LogP contribution in [-0.2, 0) is 0 Å². The van der Waals surface area contributed by atoms with E-state index in [4.69, 9.17) is 9.47 Å². The fourth-order valence-electron chi connectivity index (χ4n) is 2.44. The summed E-state index contributed by atoms with van der Waals surface area (Å²) in [5, 5.41) is 6.29. The number of nitrogens with zero attached hydrogens (tertiary/aromatic N) is 3. The first kappa shape index (κ1) is 15.8. The Morgan fingerprint density at radius 1 is 1.20 bits per heavy atom. The molecule has 0 saturated heterocycles. The Labute approximate surface area is 150 Å². The summed E-state index contributed by atoms with van der Waals surface area (Å²) < 4.78 is 12.5. The predicted molar refractivity (Wildman–Crippen MR) is 98.8 cm³/mol. The number of ether oxygens (including phenoxy) is 2. The molecular formula is C17H13N3O3S2. The van der Waals surface area contributed by atoms with Crippen molar-refractivity contribution in [3.05, 3.63) is 56.2 Å². The zero-order valence-electron chi connectivity index (χ0n) is 13.4. The zero-order chi connectivity index (χ0) is 17.4. The number of aromatic nitrogens is 3. The number of methoxy groups -OCH3 is 2. The lowest BCUT2D eigenvalue weighted by Gasteiger charge is -2.06. The molecule has 0 saturated carbocycles. The minimum atomic E-state index is -0.194. The van der Waals surface area contributed by atoms with Crippen LogP contribution in [0.2, 0.25) is 0 Å². The highest BCUT2D eigenvalue weighted by molar-refractivity contribution is 7.15. The summed E-state index contributed by atoms with van der Waals surface area (Å²) >= 11 is 2.84. The molecule has 0 spiro atoms. The Bertz CT molecular complexity index is 1150. The van der Waals surface area contributed by atoms with Crippen LogP contribution in [0.25, 0.3) is 21.7 Å². The second-order valence-corrected chi connectivity index (χ2v) is 7.09. The van der Waals surface area contributed by atoms with Crippen LogP contribution in [0.1, 0.15) is 5.56 Å². The van der Waals surface area contributed by atoms with Crippen LogP contribution < -0.4 is 19.6 Å². The number of thiophene rings is 1. The van der Waals surface area contributed by atoms with Gasteiger partial charge < -0.3 is 9.47 Å². The Hall–Kier alpha value is -2.71. The molecule has 0 aliphatic rings. The van der Waals surface area contributed by atoms with Gasteiger partial charge in [0, 0.05) is 5.56 Å². The third-order valence-electron chi connectivity index (χ3n) is 3.65. The van der Waals surface area contributed by atoms with Gasteiger partial charge in [0.05, 0.1) is 23.6 Å². The molecule has 8 heteroatoms. The average molecular weight is 371 g/mol. The molecule has 0 aliphatic carbocycles. The summed E-state index contributed by atoms with van der Waals surface area (Å²) in [5.74, 6) is 1.93. The minimum Gasteiger partial charge on any atom is -0.497 e. The maximum absolute atomic E-state index is 12.6. The van der Waals surface area contributed by atoms with E-state index in [1.54, 1.807) is 37.7 Å². The molecular weight excluding hydrogens is 358 g/mol. The Morgan fingerprint density at radius 2 is 2.08 bits per heavy atom. The predicted octanol–water partition coefficient (Wildman–Crippen LogP) is 2.44. The molecule has 0 aliphatic heterocycles. The SMILES string of the molecule is COc1ccc(OC)c(/C=c2/sc3nc(-c4cccs4)nn3c2=O)c1. The van der Waals surface area contributed by atoms with Gasteiger partial charge in [-0.1, -0.05) is 17.4 Å². The van der Waals surface area contributed by atoms with E-state index in [0.29, 0.717) is 26.8 Å². The molecule has 0 N–H and O–H groups in total. The van der Waals surface area contributed by atoms with Gasteiger partial charge >= 0.3 is 0 Å². The summed E-state index contributed by atoms with van der Waals surface area (Å²) in [6.07, 6.45) is 1.77. The van der Waals surface area contributed by atoms with Crippen LogP contribution in [0.3, 0.4) is 0 Å². The number of fused-ring (bicyclic) bond motifs is 1. The number of hydrogen-bond donors (Lipinski definition) is 0. The highest BCUT2D eigenvalue weighted by Crippen LogP contribution is 2.25. The van der Waals surface area contributed by atoms with Crippen LogP contribution in [0.15, 0.2) is 40.5 Å². The van der Waals surface area contributed by atoms with E-state index in [0.717, 1.165) is 10.4 Å². The van der Waals surface area contributed by atoms with Crippen molar-refractivity contribution in [3.63, 3.8) is 0 Å². The van der Waals surface area contributed by atoms with Gasteiger partial charge in [-0.25, -0.2) is 0 Å². The molecule has 0 unspecified atom stereocenters. The third-order valence-corrected chi connectivity index (χ3v) is 5.47. The second kappa shape index (κ2) is 6.30. The normalized spacial score (nSPS) is 12.0. The van der Waals surface area contributed by atoms with Gasteiger partial charge in [0.2, 0.25) is 4.96 Å². The van der Waals surface area contributed by atoms with Crippen molar-refractivity contribution >= 4 is 33.7 Å². The van der Waals surface area contributed by atoms with Crippen LogP contribution in [0.5, 0.6) is 11.5 Å². The van der Waals surface area contributed by atoms with Crippen molar-refractivity contribution < 1.29 is 9.47 Å². The van der Waals surface area contributed by atoms with Crippen molar-refractivity contribution in [2.75, 3.05) is 14.2 Å². The largest absolute Gasteiger partial charge is 0.497 e. The van der Waals surface area contributed by atoms with E-state index < -0.39 is 0 Å².